The van der Waals surface area contributed by atoms with E-state index < -0.39 is 10.2 Å². The Morgan fingerprint density at radius 3 is 2.14 bits per heavy atom. The van der Waals surface area contributed by atoms with Crippen LogP contribution >= 0.6 is 34.8 Å². The van der Waals surface area contributed by atoms with Gasteiger partial charge in [-0.05, 0) is 42.8 Å². The Hall–Kier alpha value is -4.24. The Kier molecular flexibility index (Phi) is 10.4. The van der Waals surface area contributed by atoms with Gasteiger partial charge in [-0.1, -0.05) is 95.0 Å². The molecule has 5 aromatic rings. The summed E-state index contributed by atoms with van der Waals surface area (Å²) in [5, 5.41) is 12.8. The van der Waals surface area contributed by atoms with Gasteiger partial charge < -0.3 is 5.32 Å². The molecule has 44 heavy (non-hydrogen) atoms. The summed E-state index contributed by atoms with van der Waals surface area (Å²) in [7, 11) is -1.15. The molecule has 0 aliphatic carbocycles. The number of carbonyl (C=O) groups excluding carboxylic acids is 1. The maximum atomic E-state index is 12.4. The van der Waals surface area contributed by atoms with E-state index in [0.29, 0.717) is 21.8 Å². The number of rotatable bonds is 6. The van der Waals surface area contributed by atoms with E-state index >= 15 is 0 Å². The first-order chi connectivity index (χ1) is 20.9. The van der Waals surface area contributed by atoms with Crippen LogP contribution in [0.4, 0.5) is 5.69 Å². The van der Waals surface area contributed by atoms with Gasteiger partial charge in [0.05, 0.1) is 5.56 Å². The second-order valence-electron chi connectivity index (χ2n) is 9.46. The Morgan fingerprint density at radius 2 is 1.52 bits per heavy atom. The van der Waals surface area contributed by atoms with Crippen LogP contribution in [0.3, 0.4) is 0 Å². The number of para-hydroxylation sites is 1. The van der Waals surface area contributed by atoms with Crippen molar-refractivity contribution in [3.05, 3.63) is 123 Å². The van der Waals surface area contributed by atoms with Gasteiger partial charge >= 0.3 is 10.2 Å². The molecule has 0 spiro atoms. The third-order valence-corrected chi connectivity index (χ3v) is 8.80. The van der Waals surface area contributed by atoms with Gasteiger partial charge in [-0.15, -0.1) is 0 Å². The summed E-state index contributed by atoms with van der Waals surface area (Å²) in [6.07, 6.45) is 1.54. The maximum absolute atomic E-state index is 12.4. The molecule has 0 aliphatic heterocycles. The highest BCUT2D eigenvalue weighted by molar-refractivity contribution is 7.87. The lowest BCUT2D eigenvalue weighted by molar-refractivity contribution is 0.102. The van der Waals surface area contributed by atoms with Crippen LogP contribution in [-0.2, 0) is 10.2 Å². The third kappa shape index (κ3) is 7.27. The average molecular weight is 668 g/mol. The fourth-order valence-electron chi connectivity index (χ4n) is 4.01. The summed E-state index contributed by atoms with van der Waals surface area (Å²) in [6.45, 7) is 1.92. The SMILES string of the molecule is Cc1ccc(-c2c(Cl)nc(C#N)n2S(=O)(=O)N(C)C)cc1.O=C(Nc1ccccc1-c1ccc(Cl)cc1)c1cccnc1Cl. The number of benzene rings is 3. The number of halogens is 3. The second-order valence-corrected chi connectivity index (χ2v) is 12.6. The molecule has 224 valence electrons. The molecule has 0 unspecified atom stereocenters. The highest BCUT2D eigenvalue weighted by Gasteiger charge is 2.28. The smallest absolute Gasteiger partial charge is 0.309 e. The lowest BCUT2D eigenvalue weighted by atomic mass is 10.0. The molecule has 0 saturated carbocycles. The molecule has 2 heterocycles. The molecule has 0 aliphatic rings. The van der Waals surface area contributed by atoms with Crippen molar-refractivity contribution < 1.29 is 13.2 Å². The molecule has 1 N–H and O–H groups in total. The molecule has 1 amide bonds. The normalized spacial score (nSPS) is 11.0. The number of carbonyl (C=O) groups is 1. The van der Waals surface area contributed by atoms with Gasteiger partial charge in [-0.3, -0.25) is 4.79 Å². The number of imidazole rings is 1. The number of nitriles is 1. The minimum absolute atomic E-state index is 0.0270. The van der Waals surface area contributed by atoms with E-state index in [1.165, 1.54) is 14.1 Å². The average Bonchev–Trinajstić information content (AvgIpc) is 3.35. The first kappa shape index (κ1) is 32.7. The van der Waals surface area contributed by atoms with Gasteiger partial charge in [0.1, 0.15) is 16.9 Å². The van der Waals surface area contributed by atoms with E-state index in [0.717, 1.165) is 25.0 Å². The zero-order valence-electron chi connectivity index (χ0n) is 23.7. The van der Waals surface area contributed by atoms with Crippen LogP contribution in [0.25, 0.3) is 22.4 Å². The zero-order chi connectivity index (χ0) is 32.0. The number of anilines is 1. The monoisotopic (exact) mass is 666 g/mol. The highest BCUT2D eigenvalue weighted by atomic mass is 35.5. The van der Waals surface area contributed by atoms with Gasteiger partial charge in [-0.25, -0.2) is 9.97 Å². The molecule has 0 bridgehead atoms. The third-order valence-electron chi connectivity index (χ3n) is 6.25. The van der Waals surface area contributed by atoms with Crippen molar-refractivity contribution in [1.29, 1.82) is 5.26 Å². The molecule has 0 fully saturated rings. The number of hydrogen-bond acceptors (Lipinski definition) is 6. The van der Waals surface area contributed by atoms with Gasteiger partial charge in [0, 0.05) is 42.1 Å². The van der Waals surface area contributed by atoms with Crippen LogP contribution in [0, 0.1) is 18.3 Å². The number of aromatic nitrogens is 3. The predicted octanol–water partition coefficient (Wildman–Crippen LogP) is 7.35. The second kappa shape index (κ2) is 14.0. The Morgan fingerprint density at radius 1 is 0.886 bits per heavy atom. The van der Waals surface area contributed by atoms with Gasteiger partial charge in [-0.2, -0.15) is 22.0 Å². The fourth-order valence-corrected chi connectivity index (χ4v) is 5.71. The minimum atomic E-state index is -3.91. The van der Waals surface area contributed by atoms with Crippen LogP contribution in [-0.4, -0.2) is 46.7 Å². The molecule has 2 aromatic heterocycles. The molecular formula is C31H25Cl3N6O3S. The fraction of sp³-hybridized carbons (Fsp3) is 0.0968. The van der Waals surface area contributed by atoms with Crippen LogP contribution in [0.2, 0.25) is 15.3 Å². The van der Waals surface area contributed by atoms with Crippen LogP contribution in [0.15, 0.2) is 91.1 Å². The van der Waals surface area contributed by atoms with Crippen LogP contribution in [0.5, 0.6) is 0 Å². The molecular weight excluding hydrogens is 643 g/mol. The Balaban J connectivity index is 0.000000202. The summed E-state index contributed by atoms with van der Waals surface area (Å²) >= 11 is 18.0. The Labute approximate surface area is 270 Å². The first-order valence-electron chi connectivity index (χ1n) is 12.9. The molecule has 0 radical (unpaired) electrons. The summed E-state index contributed by atoms with van der Waals surface area (Å²) in [4.78, 5) is 20.2. The summed E-state index contributed by atoms with van der Waals surface area (Å²) in [5.41, 5.74) is 4.67. The molecule has 0 saturated heterocycles. The topological polar surface area (TPSA) is 121 Å². The largest absolute Gasteiger partial charge is 0.321 e. The van der Waals surface area contributed by atoms with Crippen molar-refractivity contribution in [2.45, 2.75) is 6.92 Å². The lowest BCUT2D eigenvalue weighted by Gasteiger charge is -2.15. The zero-order valence-corrected chi connectivity index (χ0v) is 26.7. The minimum Gasteiger partial charge on any atom is -0.321 e. The van der Waals surface area contributed by atoms with Gasteiger partial charge in [0.25, 0.3) is 5.91 Å². The predicted molar refractivity (Wildman–Crippen MR) is 174 cm³/mol. The molecule has 0 atom stereocenters. The molecule has 13 heteroatoms. The van der Waals surface area contributed by atoms with Gasteiger partial charge in [0.15, 0.2) is 5.15 Å². The van der Waals surface area contributed by atoms with Gasteiger partial charge in [0.2, 0.25) is 5.82 Å². The number of nitrogens with one attached hydrogen (secondary N) is 1. The van der Waals surface area contributed by atoms with E-state index in [-0.39, 0.29) is 27.7 Å². The van der Waals surface area contributed by atoms with E-state index in [2.05, 4.69) is 15.3 Å². The maximum Gasteiger partial charge on any atom is 0.309 e. The number of nitrogens with zero attached hydrogens (tertiary/aromatic N) is 5. The van der Waals surface area contributed by atoms with Crippen molar-refractivity contribution in [2.75, 3.05) is 19.4 Å². The summed E-state index contributed by atoms with van der Waals surface area (Å²) in [5.74, 6) is -0.575. The Bertz CT molecular complexity index is 1950. The van der Waals surface area contributed by atoms with E-state index in [9.17, 15) is 13.2 Å². The number of hydrogen-bond donors (Lipinski definition) is 1. The molecule has 3 aromatic carbocycles. The number of aryl methyl sites for hydroxylation is 1. The van der Waals surface area contributed by atoms with Crippen molar-refractivity contribution in [3.63, 3.8) is 0 Å². The van der Waals surface area contributed by atoms with Crippen molar-refractivity contribution >= 4 is 56.6 Å². The van der Waals surface area contributed by atoms with E-state index in [4.69, 9.17) is 40.1 Å². The number of amides is 1. The van der Waals surface area contributed by atoms with Crippen LogP contribution in [0.1, 0.15) is 21.7 Å². The van der Waals surface area contributed by atoms with E-state index in [1.807, 2.05) is 67.6 Å². The first-order valence-corrected chi connectivity index (χ1v) is 15.4. The number of pyridine rings is 1. The van der Waals surface area contributed by atoms with Crippen molar-refractivity contribution in [1.82, 2.24) is 18.2 Å². The van der Waals surface area contributed by atoms with Crippen molar-refractivity contribution in [3.8, 4) is 28.5 Å². The molecule has 9 nitrogen and oxygen atoms in total. The van der Waals surface area contributed by atoms with E-state index in [1.54, 1.807) is 36.5 Å². The quantitative estimate of drug-likeness (QED) is 0.189. The summed E-state index contributed by atoms with van der Waals surface area (Å²) < 4.78 is 26.7. The summed E-state index contributed by atoms with van der Waals surface area (Å²) in [6, 6.07) is 27.2. The standard InChI is InChI=1S/C18H12Cl2N2O.C13H13ClN4O2S/c19-13-9-7-12(8-10-13)14-4-1-2-6-16(14)22-18(23)15-5-3-11-21-17(15)20;1-9-4-6-10(7-5-9)12-13(14)16-11(8-15)18(12)21(19,20)17(2)3/h1-11H,(H,22,23);4-7H,1-3H3. The van der Waals surface area contributed by atoms with Crippen molar-refractivity contribution in [2.24, 2.45) is 0 Å². The lowest BCUT2D eigenvalue weighted by Crippen LogP contribution is -2.30. The highest BCUT2D eigenvalue weighted by Crippen LogP contribution is 2.31. The van der Waals surface area contributed by atoms with Crippen LogP contribution < -0.4 is 5.32 Å². The molecule has 5 rings (SSSR count).